The molecule has 0 saturated heterocycles. The lowest BCUT2D eigenvalue weighted by Gasteiger charge is -2.20. The molecule has 0 saturated carbocycles. The summed E-state index contributed by atoms with van der Waals surface area (Å²) in [5, 5.41) is 7.41. The number of nitrogens with one attached hydrogen (secondary N) is 1. The van der Waals surface area contributed by atoms with Crippen molar-refractivity contribution in [2.45, 2.75) is 24.7 Å². The lowest BCUT2D eigenvalue weighted by molar-refractivity contribution is -0.105. The molecular formula is C20H19N3O3S. The number of anilines is 1. The molecule has 27 heavy (non-hydrogen) atoms. The van der Waals surface area contributed by atoms with Crippen LogP contribution in [0.15, 0.2) is 47.4 Å². The molecule has 7 heteroatoms. The number of benzene rings is 2. The molecule has 1 aliphatic carbocycles. The Morgan fingerprint density at radius 3 is 2.52 bits per heavy atom. The minimum atomic E-state index is -3.25. The molecule has 138 valence electrons. The number of aromatic nitrogens is 2. The maximum Gasteiger partial charge on any atom is 0.211 e. The summed E-state index contributed by atoms with van der Waals surface area (Å²) in [5.74, 6) is 0. The molecule has 0 aliphatic heterocycles. The highest BCUT2D eigenvalue weighted by Crippen LogP contribution is 2.38. The second kappa shape index (κ2) is 6.35. The summed E-state index contributed by atoms with van der Waals surface area (Å²) < 4.78 is 25.3. The van der Waals surface area contributed by atoms with Gasteiger partial charge in [-0.15, -0.1) is 0 Å². The Morgan fingerprint density at radius 1 is 1.11 bits per heavy atom. The molecule has 6 nitrogen and oxygen atoms in total. The first-order chi connectivity index (χ1) is 12.9. The van der Waals surface area contributed by atoms with Crippen molar-refractivity contribution < 1.29 is 13.2 Å². The minimum absolute atomic E-state index is 0.280. The Hall–Kier alpha value is -2.93. The van der Waals surface area contributed by atoms with Crippen molar-refractivity contribution in [2.24, 2.45) is 0 Å². The zero-order chi connectivity index (χ0) is 19.2. The van der Waals surface area contributed by atoms with Crippen LogP contribution in [0, 0.1) is 6.92 Å². The fraction of sp³-hybridized carbons (Fsp3) is 0.200. The average molecular weight is 381 g/mol. The molecule has 0 fully saturated rings. The molecule has 0 unspecified atom stereocenters. The lowest BCUT2D eigenvalue weighted by Crippen LogP contribution is -2.08. The summed E-state index contributed by atoms with van der Waals surface area (Å²) in [6.45, 7) is 1.98. The van der Waals surface area contributed by atoms with E-state index in [1.54, 1.807) is 24.3 Å². The van der Waals surface area contributed by atoms with Crippen LogP contribution in [-0.2, 0) is 27.5 Å². The first-order valence-electron chi connectivity index (χ1n) is 8.61. The molecule has 3 aromatic rings. The van der Waals surface area contributed by atoms with Crippen molar-refractivity contribution in [1.82, 2.24) is 9.78 Å². The Labute approximate surface area is 157 Å². The number of carbonyl (C=O) groups excluding carboxylic acids is 1. The monoisotopic (exact) mass is 381 g/mol. The molecule has 4 rings (SSSR count). The van der Waals surface area contributed by atoms with Crippen molar-refractivity contribution in [2.75, 3.05) is 11.6 Å². The third kappa shape index (κ3) is 3.04. The summed E-state index contributed by atoms with van der Waals surface area (Å²) in [6.07, 6.45) is 3.68. The van der Waals surface area contributed by atoms with Gasteiger partial charge in [0.05, 0.1) is 22.0 Å². The van der Waals surface area contributed by atoms with Crippen LogP contribution in [0.3, 0.4) is 0 Å². The van der Waals surface area contributed by atoms with Crippen molar-refractivity contribution in [3.63, 3.8) is 0 Å². The van der Waals surface area contributed by atoms with Gasteiger partial charge in [0, 0.05) is 23.1 Å². The second-order valence-electron chi connectivity index (χ2n) is 6.72. The van der Waals surface area contributed by atoms with Crippen molar-refractivity contribution in [1.29, 1.82) is 0 Å². The second-order valence-corrected chi connectivity index (χ2v) is 8.74. The number of nitrogens with zero attached hydrogens (tertiary/aromatic N) is 2. The van der Waals surface area contributed by atoms with E-state index >= 15 is 0 Å². The van der Waals surface area contributed by atoms with Crippen LogP contribution in [0.25, 0.3) is 16.9 Å². The summed E-state index contributed by atoms with van der Waals surface area (Å²) >= 11 is 0. The van der Waals surface area contributed by atoms with Gasteiger partial charge in [0.15, 0.2) is 9.84 Å². The van der Waals surface area contributed by atoms with E-state index in [9.17, 15) is 13.2 Å². The molecule has 2 aromatic carbocycles. The highest BCUT2D eigenvalue weighted by atomic mass is 32.2. The largest absolute Gasteiger partial charge is 0.329 e. The van der Waals surface area contributed by atoms with Crippen LogP contribution in [0.2, 0.25) is 0 Å². The van der Waals surface area contributed by atoms with Crippen LogP contribution < -0.4 is 5.32 Å². The van der Waals surface area contributed by atoms with Gasteiger partial charge in [-0.3, -0.25) is 4.79 Å². The normalized spacial score (nSPS) is 13.0. The zero-order valence-electron chi connectivity index (χ0n) is 15.1. The van der Waals surface area contributed by atoms with Crippen molar-refractivity contribution >= 4 is 21.9 Å². The van der Waals surface area contributed by atoms with E-state index in [2.05, 4.69) is 5.32 Å². The Bertz CT molecular complexity index is 1150. The van der Waals surface area contributed by atoms with Crippen molar-refractivity contribution in [3.8, 4) is 16.9 Å². The third-order valence-corrected chi connectivity index (χ3v) is 6.06. The number of hydrogen-bond donors (Lipinski definition) is 1. The Morgan fingerprint density at radius 2 is 1.85 bits per heavy atom. The van der Waals surface area contributed by atoms with E-state index in [0.717, 1.165) is 41.2 Å². The number of amides is 1. The number of rotatable bonds is 4. The smallest absolute Gasteiger partial charge is 0.211 e. The van der Waals surface area contributed by atoms with E-state index in [1.807, 2.05) is 29.8 Å². The Balaban J connectivity index is 1.88. The van der Waals surface area contributed by atoms with Crippen LogP contribution in [0.4, 0.5) is 5.69 Å². The van der Waals surface area contributed by atoms with Crippen LogP contribution >= 0.6 is 0 Å². The predicted octanol–water partition coefficient (Wildman–Crippen LogP) is 2.92. The van der Waals surface area contributed by atoms with Gasteiger partial charge >= 0.3 is 0 Å². The van der Waals surface area contributed by atoms with Gasteiger partial charge in [0.25, 0.3) is 0 Å². The van der Waals surface area contributed by atoms with Crippen LogP contribution in [0.1, 0.15) is 16.8 Å². The molecule has 1 aromatic heterocycles. The Kier molecular flexibility index (Phi) is 4.11. The topological polar surface area (TPSA) is 81.1 Å². The molecule has 1 aliphatic rings. The SMILES string of the molecule is Cc1nn(-c2ccc(S(C)(=O)=O)cc2)c2c1CCc1ccc(NC=O)cc1-2. The van der Waals surface area contributed by atoms with Gasteiger partial charge < -0.3 is 5.32 Å². The summed E-state index contributed by atoms with van der Waals surface area (Å²) in [7, 11) is -3.25. The van der Waals surface area contributed by atoms with E-state index in [0.29, 0.717) is 6.41 Å². The molecular weight excluding hydrogens is 362 g/mol. The first-order valence-corrected chi connectivity index (χ1v) is 10.5. The first kappa shape index (κ1) is 17.5. The van der Waals surface area contributed by atoms with Gasteiger partial charge in [-0.2, -0.15) is 5.10 Å². The van der Waals surface area contributed by atoms with Gasteiger partial charge in [0.1, 0.15) is 0 Å². The number of sulfone groups is 1. The van der Waals surface area contributed by atoms with Crippen LogP contribution in [-0.4, -0.2) is 30.9 Å². The lowest BCUT2D eigenvalue weighted by atomic mass is 9.88. The summed E-state index contributed by atoms with van der Waals surface area (Å²) in [4.78, 5) is 11.1. The number of carbonyl (C=O) groups is 1. The maximum atomic E-state index is 11.7. The fourth-order valence-electron chi connectivity index (χ4n) is 3.59. The van der Waals surface area contributed by atoms with E-state index in [-0.39, 0.29) is 4.90 Å². The molecule has 0 radical (unpaired) electrons. The van der Waals surface area contributed by atoms with Gasteiger partial charge in [-0.1, -0.05) is 6.07 Å². The summed E-state index contributed by atoms with van der Waals surface area (Å²) in [6, 6.07) is 12.6. The summed E-state index contributed by atoms with van der Waals surface area (Å²) in [5.41, 5.74) is 6.90. The molecule has 0 atom stereocenters. The minimum Gasteiger partial charge on any atom is -0.329 e. The number of hydrogen-bond acceptors (Lipinski definition) is 4. The number of aryl methyl sites for hydroxylation is 2. The van der Waals surface area contributed by atoms with E-state index in [4.69, 9.17) is 5.10 Å². The van der Waals surface area contributed by atoms with Gasteiger partial charge in [-0.05, 0) is 61.7 Å². The predicted molar refractivity (Wildman–Crippen MR) is 104 cm³/mol. The molecule has 0 bridgehead atoms. The number of fused-ring (bicyclic) bond motifs is 3. The quantitative estimate of drug-likeness (QED) is 0.705. The maximum absolute atomic E-state index is 11.7. The van der Waals surface area contributed by atoms with Crippen molar-refractivity contribution in [3.05, 3.63) is 59.3 Å². The molecule has 1 heterocycles. The van der Waals surface area contributed by atoms with Crippen LogP contribution in [0.5, 0.6) is 0 Å². The molecule has 1 N–H and O–H groups in total. The van der Waals surface area contributed by atoms with Gasteiger partial charge in [-0.25, -0.2) is 13.1 Å². The standard InChI is InChI=1S/C20H19N3O3S/c1-13-18-10-4-14-3-5-15(21-12-24)11-19(14)20(18)23(22-13)16-6-8-17(9-7-16)27(2,25)26/h3,5-9,11-12H,4,10H2,1-2H3,(H,21,24). The van der Waals surface area contributed by atoms with E-state index < -0.39 is 9.84 Å². The highest BCUT2D eigenvalue weighted by molar-refractivity contribution is 7.90. The average Bonchev–Trinajstić information content (AvgIpc) is 2.99. The highest BCUT2D eigenvalue weighted by Gasteiger charge is 2.24. The zero-order valence-corrected chi connectivity index (χ0v) is 15.9. The molecule has 0 spiro atoms. The van der Waals surface area contributed by atoms with E-state index in [1.165, 1.54) is 17.4 Å². The third-order valence-electron chi connectivity index (χ3n) is 4.93. The fourth-order valence-corrected chi connectivity index (χ4v) is 4.22. The molecule has 1 amide bonds. The van der Waals surface area contributed by atoms with Gasteiger partial charge in [0.2, 0.25) is 6.41 Å².